The molecule has 0 radical (unpaired) electrons. The predicted molar refractivity (Wildman–Crippen MR) is 108 cm³/mol. The SMILES string of the molecule is O=c1c([N+](=O)[O-])c(N2CCN(CC(O)c3ccccc3)CC2)nc2ccccn12. The van der Waals surface area contributed by atoms with Gasteiger partial charge in [-0.1, -0.05) is 36.4 Å². The first-order valence-corrected chi connectivity index (χ1v) is 9.40. The fourth-order valence-electron chi connectivity index (χ4n) is 3.62. The fraction of sp³-hybridized carbons (Fsp3) is 0.300. The molecular formula is C20H21N5O4. The molecule has 1 fully saturated rings. The van der Waals surface area contributed by atoms with Crippen molar-refractivity contribution < 1.29 is 10.0 Å². The minimum Gasteiger partial charge on any atom is -0.387 e. The van der Waals surface area contributed by atoms with Gasteiger partial charge in [0.15, 0.2) is 0 Å². The highest BCUT2D eigenvalue weighted by molar-refractivity contribution is 5.61. The number of aromatic nitrogens is 2. The van der Waals surface area contributed by atoms with Crippen molar-refractivity contribution in [1.82, 2.24) is 14.3 Å². The Bertz CT molecular complexity index is 1080. The molecular weight excluding hydrogens is 374 g/mol. The third-order valence-corrected chi connectivity index (χ3v) is 5.16. The van der Waals surface area contributed by atoms with E-state index >= 15 is 0 Å². The molecule has 150 valence electrons. The Kier molecular flexibility index (Phi) is 5.24. The van der Waals surface area contributed by atoms with Crippen molar-refractivity contribution in [3.05, 3.63) is 80.8 Å². The molecule has 9 nitrogen and oxygen atoms in total. The van der Waals surface area contributed by atoms with Crippen LogP contribution in [0.3, 0.4) is 0 Å². The van der Waals surface area contributed by atoms with Crippen LogP contribution in [0.4, 0.5) is 11.5 Å². The Morgan fingerprint density at radius 2 is 1.76 bits per heavy atom. The maximum Gasteiger partial charge on any atom is 0.376 e. The minimum absolute atomic E-state index is 0.106. The van der Waals surface area contributed by atoms with Crippen LogP contribution in [0.1, 0.15) is 11.7 Å². The summed E-state index contributed by atoms with van der Waals surface area (Å²) in [5, 5.41) is 22.0. The lowest BCUT2D eigenvalue weighted by Crippen LogP contribution is -2.48. The highest BCUT2D eigenvalue weighted by atomic mass is 16.6. The fourth-order valence-corrected chi connectivity index (χ4v) is 3.62. The molecule has 4 rings (SSSR count). The molecule has 1 aromatic carbocycles. The van der Waals surface area contributed by atoms with Crippen LogP contribution < -0.4 is 10.5 Å². The normalized spacial score (nSPS) is 16.1. The van der Waals surface area contributed by atoms with Gasteiger partial charge < -0.3 is 10.0 Å². The van der Waals surface area contributed by atoms with E-state index < -0.39 is 22.3 Å². The number of anilines is 1. The highest BCUT2D eigenvalue weighted by Crippen LogP contribution is 2.24. The van der Waals surface area contributed by atoms with E-state index in [9.17, 15) is 20.0 Å². The van der Waals surface area contributed by atoms with E-state index in [4.69, 9.17) is 0 Å². The van der Waals surface area contributed by atoms with Gasteiger partial charge in [0.1, 0.15) is 5.65 Å². The number of benzene rings is 1. The molecule has 2 aromatic heterocycles. The van der Waals surface area contributed by atoms with Gasteiger partial charge in [0.25, 0.3) is 0 Å². The van der Waals surface area contributed by atoms with Gasteiger partial charge in [-0.15, -0.1) is 0 Å². The highest BCUT2D eigenvalue weighted by Gasteiger charge is 2.30. The van der Waals surface area contributed by atoms with Crippen molar-refractivity contribution in [3.63, 3.8) is 0 Å². The smallest absolute Gasteiger partial charge is 0.376 e. The Hall–Kier alpha value is -3.30. The van der Waals surface area contributed by atoms with Crippen molar-refractivity contribution in [2.24, 2.45) is 0 Å². The lowest BCUT2D eigenvalue weighted by atomic mass is 10.1. The van der Waals surface area contributed by atoms with E-state index in [-0.39, 0.29) is 5.82 Å². The molecule has 3 aromatic rings. The molecule has 0 amide bonds. The number of hydrogen-bond acceptors (Lipinski definition) is 7. The number of nitrogens with zero attached hydrogens (tertiary/aromatic N) is 5. The molecule has 0 spiro atoms. The van der Waals surface area contributed by atoms with Crippen LogP contribution in [0.25, 0.3) is 5.65 Å². The number of aliphatic hydroxyl groups is 1. The zero-order valence-electron chi connectivity index (χ0n) is 15.7. The second kappa shape index (κ2) is 7.98. The molecule has 1 atom stereocenters. The summed E-state index contributed by atoms with van der Waals surface area (Å²) in [5.41, 5.74) is 0.0406. The molecule has 0 aliphatic carbocycles. The first-order valence-electron chi connectivity index (χ1n) is 9.40. The van der Waals surface area contributed by atoms with Crippen molar-refractivity contribution >= 4 is 17.2 Å². The molecule has 9 heteroatoms. The van der Waals surface area contributed by atoms with E-state index in [0.29, 0.717) is 38.4 Å². The maximum absolute atomic E-state index is 12.6. The number of fused-ring (bicyclic) bond motifs is 1. The summed E-state index contributed by atoms with van der Waals surface area (Å²) in [7, 11) is 0. The summed E-state index contributed by atoms with van der Waals surface area (Å²) in [6, 6.07) is 14.5. The molecule has 1 N–H and O–H groups in total. The molecule has 3 heterocycles. The van der Waals surface area contributed by atoms with Crippen LogP contribution in [-0.4, -0.2) is 57.0 Å². The third kappa shape index (κ3) is 3.82. The van der Waals surface area contributed by atoms with Crippen LogP contribution in [0.2, 0.25) is 0 Å². The van der Waals surface area contributed by atoms with E-state index in [1.54, 1.807) is 23.1 Å². The Morgan fingerprint density at radius 3 is 2.45 bits per heavy atom. The number of pyridine rings is 1. The summed E-state index contributed by atoms with van der Waals surface area (Å²) in [6.07, 6.45) is 0.880. The van der Waals surface area contributed by atoms with Crippen molar-refractivity contribution in [1.29, 1.82) is 0 Å². The number of nitro groups is 1. The van der Waals surface area contributed by atoms with Crippen molar-refractivity contribution in [2.45, 2.75) is 6.10 Å². The van der Waals surface area contributed by atoms with Crippen LogP contribution in [0, 0.1) is 10.1 Å². The monoisotopic (exact) mass is 395 g/mol. The largest absolute Gasteiger partial charge is 0.387 e. The average Bonchev–Trinajstić information content (AvgIpc) is 2.74. The standard InChI is InChI=1S/C20H21N5O4/c26-16(15-6-2-1-3-7-15)14-22-10-12-23(13-11-22)19-18(25(28)29)20(27)24-9-5-4-8-17(24)21-19/h1-9,16,26H,10-14H2. The number of piperazine rings is 1. The van der Waals surface area contributed by atoms with E-state index in [0.717, 1.165) is 5.56 Å². The number of β-amino-alcohol motifs (C(OH)–C–C–N with tert-alkyl or cyclic N) is 1. The lowest BCUT2D eigenvalue weighted by Gasteiger charge is -2.35. The Morgan fingerprint density at radius 1 is 1.07 bits per heavy atom. The average molecular weight is 395 g/mol. The number of hydrogen-bond donors (Lipinski definition) is 1. The molecule has 1 saturated heterocycles. The second-order valence-corrected chi connectivity index (χ2v) is 6.99. The van der Waals surface area contributed by atoms with Crippen molar-refractivity contribution in [2.75, 3.05) is 37.6 Å². The zero-order chi connectivity index (χ0) is 20.4. The number of aliphatic hydroxyl groups excluding tert-OH is 1. The second-order valence-electron chi connectivity index (χ2n) is 6.99. The van der Waals surface area contributed by atoms with Crippen LogP contribution in [0.5, 0.6) is 0 Å². The lowest BCUT2D eigenvalue weighted by molar-refractivity contribution is -0.385. The Labute approximate surface area is 166 Å². The van der Waals surface area contributed by atoms with Gasteiger partial charge in [0.05, 0.1) is 11.0 Å². The molecule has 1 aliphatic rings. The van der Waals surface area contributed by atoms with Gasteiger partial charge in [-0.3, -0.25) is 24.2 Å². The molecule has 29 heavy (non-hydrogen) atoms. The van der Waals surface area contributed by atoms with Gasteiger partial charge in [-0.05, 0) is 17.7 Å². The van der Waals surface area contributed by atoms with Crippen LogP contribution in [0.15, 0.2) is 59.5 Å². The minimum atomic E-state index is -0.683. The predicted octanol–water partition coefficient (Wildman–Crippen LogP) is 1.46. The van der Waals surface area contributed by atoms with Gasteiger partial charge in [0, 0.05) is 38.9 Å². The van der Waals surface area contributed by atoms with E-state index in [1.165, 1.54) is 10.6 Å². The summed E-state index contributed by atoms with van der Waals surface area (Å²) in [5.74, 6) is 0.106. The molecule has 1 aliphatic heterocycles. The van der Waals surface area contributed by atoms with E-state index in [2.05, 4.69) is 9.88 Å². The third-order valence-electron chi connectivity index (χ3n) is 5.16. The van der Waals surface area contributed by atoms with Gasteiger partial charge in [0.2, 0.25) is 5.82 Å². The summed E-state index contributed by atoms with van der Waals surface area (Å²) in [6.45, 7) is 2.66. The Balaban J connectivity index is 1.53. The summed E-state index contributed by atoms with van der Waals surface area (Å²) < 4.78 is 1.19. The van der Waals surface area contributed by atoms with Gasteiger partial charge in [-0.2, -0.15) is 0 Å². The molecule has 1 unspecified atom stereocenters. The summed E-state index contributed by atoms with van der Waals surface area (Å²) in [4.78, 5) is 31.8. The molecule has 0 bridgehead atoms. The topological polar surface area (TPSA) is 104 Å². The quantitative estimate of drug-likeness (QED) is 0.515. The zero-order valence-corrected chi connectivity index (χ0v) is 15.7. The summed E-state index contributed by atoms with van der Waals surface area (Å²) >= 11 is 0. The van der Waals surface area contributed by atoms with Gasteiger partial charge in [-0.25, -0.2) is 4.98 Å². The van der Waals surface area contributed by atoms with E-state index in [1.807, 2.05) is 30.3 Å². The molecule has 0 saturated carbocycles. The van der Waals surface area contributed by atoms with Crippen LogP contribution in [-0.2, 0) is 0 Å². The van der Waals surface area contributed by atoms with Gasteiger partial charge >= 0.3 is 11.2 Å². The first kappa shape index (κ1) is 19.0. The first-order chi connectivity index (χ1) is 14.0. The van der Waals surface area contributed by atoms with Crippen LogP contribution >= 0.6 is 0 Å². The van der Waals surface area contributed by atoms with Crippen molar-refractivity contribution in [3.8, 4) is 0 Å². The maximum atomic E-state index is 12.6. The number of rotatable bonds is 5.